The zero-order valence-corrected chi connectivity index (χ0v) is 12.9. The molecular formula is C13H8ClIN2O3. The predicted molar refractivity (Wildman–Crippen MR) is 85.2 cm³/mol. The van der Waals surface area contributed by atoms with Gasteiger partial charge in [0.25, 0.3) is 11.6 Å². The van der Waals surface area contributed by atoms with Crippen LogP contribution in [0.15, 0.2) is 42.5 Å². The highest BCUT2D eigenvalue weighted by Gasteiger charge is 2.15. The lowest BCUT2D eigenvalue weighted by atomic mass is 10.2. The summed E-state index contributed by atoms with van der Waals surface area (Å²) in [5.41, 5.74) is 0.711. The maximum Gasteiger partial charge on any atom is 0.270 e. The first-order valence-corrected chi connectivity index (χ1v) is 6.94. The molecule has 5 nitrogen and oxygen atoms in total. The molecule has 1 amide bonds. The van der Waals surface area contributed by atoms with Crippen molar-refractivity contribution in [3.8, 4) is 0 Å². The van der Waals surface area contributed by atoms with Crippen LogP contribution in [0.5, 0.6) is 0 Å². The maximum absolute atomic E-state index is 12.1. The van der Waals surface area contributed by atoms with Gasteiger partial charge in [0.2, 0.25) is 0 Å². The van der Waals surface area contributed by atoms with E-state index in [1.54, 1.807) is 24.3 Å². The molecule has 0 bridgehead atoms. The number of nitro benzene ring substituents is 1. The van der Waals surface area contributed by atoms with Gasteiger partial charge in [-0.3, -0.25) is 14.9 Å². The summed E-state index contributed by atoms with van der Waals surface area (Å²) >= 11 is 7.72. The lowest BCUT2D eigenvalue weighted by molar-refractivity contribution is -0.384. The fraction of sp³-hybridized carbons (Fsp3) is 0. The summed E-state index contributed by atoms with van der Waals surface area (Å²) in [4.78, 5) is 22.3. The molecule has 2 aromatic carbocycles. The van der Waals surface area contributed by atoms with Crippen molar-refractivity contribution in [2.75, 3.05) is 5.32 Å². The third-order valence-electron chi connectivity index (χ3n) is 2.51. The van der Waals surface area contributed by atoms with E-state index in [0.717, 1.165) is 0 Å². The zero-order valence-electron chi connectivity index (χ0n) is 9.97. The number of carbonyl (C=O) groups is 1. The van der Waals surface area contributed by atoms with E-state index in [9.17, 15) is 14.9 Å². The maximum atomic E-state index is 12.1. The summed E-state index contributed by atoms with van der Waals surface area (Å²) in [5.74, 6) is -0.402. The number of hydrogen-bond acceptors (Lipinski definition) is 3. The second kappa shape index (κ2) is 6.19. The van der Waals surface area contributed by atoms with Gasteiger partial charge in [0.15, 0.2) is 0 Å². The van der Waals surface area contributed by atoms with E-state index in [4.69, 9.17) is 11.6 Å². The Kier molecular flexibility index (Phi) is 4.56. The van der Waals surface area contributed by atoms with Crippen molar-refractivity contribution in [1.29, 1.82) is 0 Å². The molecule has 0 aliphatic heterocycles. The lowest BCUT2D eigenvalue weighted by Gasteiger charge is -2.07. The highest BCUT2D eigenvalue weighted by atomic mass is 127. The number of amides is 1. The number of halogens is 2. The van der Waals surface area contributed by atoms with Crippen LogP contribution >= 0.6 is 34.2 Å². The van der Waals surface area contributed by atoms with Crippen LogP contribution in [0.1, 0.15) is 10.4 Å². The van der Waals surface area contributed by atoms with Crippen LogP contribution < -0.4 is 5.32 Å². The number of nitrogens with zero attached hydrogens (tertiary/aromatic N) is 1. The van der Waals surface area contributed by atoms with Gasteiger partial charge in [0, 0.05) is 26.4 Å². The molecule has 0 saturated carbocycles. The van der Waals surface area contributed by atoms with Gasteiger partial charge in [-0.1, -0.05) is 11.6 Å². The van der Waals surface area contributed by atoms with Crippen molar-refractivity contribution >= 4 is 51.5 Å². The van der Waals surface area contributed by atoms with Gasteiger partial charge >= 0.3 is 0 Å². The molecule has 0 aromatic heterocycles. The summed E-state index contributed by atoms with van der Waals surface area (Å²) in [6, 6.07) is 10.8. The van der Waals surface area contributed by atoms with Crippen LogP contribution in [0, 0.1) is 13.7 Å². The Balaban J connectivity index is 2.26. The predicted octanol–water partition coefficient (Wildman–Crippen LogP) is 4.11. The Morgan fingerprint density at radius 2 is 1.85 bits per heavy atom. The number of anilines is 1. The fourth-order valence-corrected chi connectivity index (χ4v) is 2.24. The molecule has 0 atom stereocenters. The van der Waals surface area contributed by atoms with Crippen molar-refractivity contribution in [3.63, 3.8) is 0 Å². The number of carbonyl (C=O) groups excluding carboxylic acids is 1. The number of benzene rings is 2. The number of rotatable bonds is 3. The second-order valence-corrected chi connectivity index (χ2v) is 5.48. The van der Waals surface area contributed by atoms with Crippen LogP contribution in [0.25, 0.3) is 0 Å². The van der Waals surface area contributed by atoms with E-state index in [0.29, 0.717) is 14.3 Å². The van der Waals surface area contributed by atoms with Gasteiger partial charge in [0.1, 0.15) is 0 Å². The lowest BCUT2D eigenvalue weighted by Crippen LogP contribution is -2.13. The molecule has 0 unspecified atom stereocenters. The van der Waals surface area contributed by atoms with E-state index in [1.165, 1.54) is 18.2 Å². The molecule has 0 aliphatic carbocycles. The minimum atomic E-state index is -0.533. The molecule has 0 fully saturated rings. The Morgan fingerprint density at radius 1 is 1.20 bits per heavy atom. The SMILES string of the molecule is O=C(Nc1ccc(Cl)cc1)c1cc([N+](=O)[O-])ccc1I. The Morgan fingerprint density at radius 3 is 2.45 bits per heavy atom. The Labute approximate surface area is 133 Å². The van der Waals surface area contributed by atoms with Crippen molar-refractivity contribution in [1.82, 2.24) is 0 Å². The Hall–Kier alpha value is -1.67. The first-order chi connectivity index (χ1) is 9.47. The van der Waals surface area contributed by atoms with Crippen molar-refractivity contribution < 1.29 is 9.72 Å². The fourth-order valence-electron chi connectivity index (χ4n) is 1.53. The molecule has 0 aliphatic rings. The average Bonchev–Trinajstić information content (AvgIpc) is 2.41. The quantitative estimate of drug-likeness (QED) is 0.477. The largest absolute Gasteiger partial charge is 0.322 e. The molecular weight excluding hydrogens is 395 g/mol. The number of non-ortho nitro benzene ring substituents is 1. The molecule has 20 heavy (non-hydrogen) atoms. The van der Waals surface area contributed by atoms with Crippen LogP contribution in [0.3, 0.4) is 0 Å². The van der Waals surface area contributed by atoms with E-state index in [-0.39, 0.29) is 11.3 Å². The monoisotopic (exact) mass is 402 g/mol. The van der Waals surface area contributed by atoms with Gasteiger partial charge in [0.05, 0.1) is 10.5 Å². The molecule has 0 saturated heterocycles. The first kappa shape index (κ1) is 14.7. The van der Waals surface area contributed by atoms with Gasteiger partial charge in [-0.2, -0.15) is 0 Å². The normalized spacial score (nSPS) is 10.1. The van der Waals surface area contributed by atoms with Crippen LogP contribution in [-0.2, 0) is 0 Å². The zero-order chi connectivity index (χ0) is 14.7. The molecule has 2 rings (SSSR count). The van der Waals surface area contributed by atoms with Crippen LogP contribution in [0.4, 0.5) is 11.4 Å². The van der Waals surface area contributed by atoms with Gasteiger partial charge in [-0.15, -0.1) is 0 Å². The number of hydrogen-bond donors (Lipinski definition) is 1. The van der Waals surface area contributed by atoms with Crippen molar-refractivity contribution in [2.45, 2.75) is 0 Å². The summed E-state index contributed by atoms with van der Waals surface area (Å²) in [5, 5.41) is 14.0. The van der Waals surface area contributed by atoms with Crippen LogP contribution in [0.2, 0.25) is 5.02 Å². The van der Waals surface area contributed by atoms with Gasteiger partial charge < -0.3 is 5.32 Å². The third kappa shape index (κ3) is 3.45. The van der Waals surface area contributed by atoms with Gasteiger partial charge in [-0.05, 0) is 52.9 Å². The highest BCUT2D eigenvalue weighted by molar-refractivity contribution is 14.1. The molecule has 0 spiro atoms. The average molecular weight is 403 g/mol. The van der Waals surface area contributed by atoms with Crippen molar-refractivity contribution in [2.24, 2.45) is 0 Å². The highest BCUT2D eigenvalue weighted by Crippen LogP contribution is 2.21. The minimum absolute atomic E-state index is 0.119. The summed E-state index contributed by atoms with van der Waals surface area (Å²) in [7, 11) is 0. The molecule has 102 valence electrons. The second-order valence-electron chi connectivity index (χ2n) is 3.88. The summed E-state index contributed by atoms with van der Waals surface area (Å²) in [6.45, 7) is 0. The molecule has 0 heterocycles. The standard InChI is InChI=1S/C13H8ClIN2O3/c14-8-1-3-9(4-2-8)16-13(18)11-7-10(17(19)20)5-6-12(11)15/h1-7H,(H,16,18). The summed E-state index contributed by atoms with van der Waals surface area (Å²) in [6.07, 6.45) is 0. The van der Waals surface area contributed by atoms with E-state index in [1.807, 2.05) is 22.6 Å². The van der Waals surface area contributed by atoms with Crippen molar-refractivity contribution in [3.05, 3.63) is 66.7 Å². The molecule has 1 N–H and O–H groups in total. The van der Waals surface area contributed by atoms with E-state index in [2.05, 4.69) is 5.32 Å². The third-order valence-corrected chi connectivity index (χ3v) is 3.70. The molecule has 7 heteroatoms. The molecule has 2 aromatic rings. The Bertz CT molecular complexity index is 674. The topological polar surface area (TPSA) is 72.2 Å². The van der Waals surface area contributed by atoms with Crippen LogP contribution in [-0.4, -0.2) is 10.8 Å². The number of nitrogens with one attached hydrogen (secondary N) is 1. The van der Waals surface area contributed by atoms with E-state index < -0.39 is 10.8 Å². The molecule has 0 radical (unpaired) electrons. The minimum Gasteiger partial charge on any atom is -0.322 e. The van der Waals surface area contributed by atoms with Gasteiger partial charge in [-0.25, -0.2) is 0 Å². The first-order valence-electron chi connectivity index (χ1n) is 5.48. The summed E-state index contributed by atoms with van der Waals surface area (Å²) < 4.78 is 0.639. The smallest absolute Gasteiger partial charge is 0.270 e. The van der Waals surface area contributed by atoms with E-state index >= 15 is 0 Å². The number of nitro groups is 1.